The first kappa shape index (κ1) is 24.5. The zero-order chi connectivity index (χ0) is 23.0. The summed E-state index contributed by atoms with van der Waals surface area (Å²) in [6, 6.07) is 0. The van der Waals surface area contributed by atoms with Gasteiger partial charge in [0.25, 0.3) is 0 Å². The highest BCUT2D eigenvalue weighted by Crippen LogP contribution is 2.48. The fourth-order valence-electron chi connectivity index (χ4n) is 5.15. The van der Waals surface area contributed by atoms with Gasteiger partial charge in [-0.1, -0.05) is 19.3 Å². The van der Waals surface area contributed by atoms with Gasteiger partial charge in [0, 0.05) is 24.3 Å². The zero-order valence-electron chi connectivity index (χ0n) is 20.3. The maximum absolute atomic E-state index is 13.2. The largest absolute Gasteiger partial charge is 0.461 e. The van der Waals surface area contributed by atoms with Crippen LogP contribution in [0.4, 0.5) is 5.69 Å². The summed E-state index contributed by atoms with van der Waals surface area (Å²) < 4.78 is 12.9. The van der Waals surface area contributed by atoms with Crippen molar-refractivity contribution in [3.63, 3.8) is 0 Å². The number of ether oxygens (including phenoxy) is 2. The summed E-state index contributed by atoms with van der Waals surface area (Å²) in [7, 11) is 0. The van der Waals surface area contributed by atoms with E-state index in [0.29, 0.717) is 5.41 Å². The number of carbonyl (C=O) groups is 1. The smallest absolute Gasteiger partial charge is 0.340 e. The highest BCUT2D eigenvalue weighted by molar-refractivity contribution is 9.10. The van der Waals surface area contributed by atoms with Crippen molar-refractivity contribution >= 4 is 27.6 Å². The number of hydrogen-bond acceptors (Lipinski definition) is 5. The molecule has 0 bridgehead atoms. The number of esters is 1. The van der Waals surface area contributed by atoms with E-state index in [2.05, 4.69) is 20.8 Å². The minimum absolute atomic E-state index is 0.207. The summed E-state index contributed by atoms with van der Waals surface area (Å²) in [5, 5.41) is 0. The van der Waals surface area contributed by atoms with Gasteiger partial charge in [0.05, 0.1) is 27.6 Å². The van der Waals surface area contributed by atoms with Crippen LogP contribution in [0.3, 0.4) is 0 Å². The monoisotopic (exact) mass is 494 g/mol. The maximum atomic E-state index is 13.2. The molecule has 0 radical (unpaired) electrons. The molecule has 1 saturated heterocycles. The molecule has 1 aromatic heterocycles. The molecule has 0 unspecified atom stereocenters. The van der Waals surface area contributed by atoms with Gasteiger partial charge in [0.15, 0.2) is 6.10 Å². The Kier molecular flexibility index (Phi) is 7.42. The quantitative estimate of drug-likeness (QED) is 0.441. The van der Waals surface area contributed by atoms with Gasteiger partial charge in [-0.2, -0.15) is 0 Å². The minimum Gasteiger partial charge on any atom is -0.461 e. The predicted molar refractivity (Wildman–Crippen MR) is 129 cm³/mol. The Morgan fingerprint density at radius 3 is 2.32 bits per heavy atom. The lowest BCUT2D eigenvalue weighted by Crippen LogP contribution is -2.34. The van der Waals surface area contributed by atoms with Crippen LogP contribution in [-0.2, 0) is 14.3 Å². The molecule has 1 atom stereocenters. The summed E-state index contributed by atoms with van der Waals surface area (Å²) in [5.41, 5.74) is 3.56. The van der Waals surface area contributed by atoms with Crippen molar-refractivity contribution in [2.24, 2.45) is 5.41 Å². The average Bonchev–Trinajstić information content (AvgIpc) is 3.05. The number of halogens is 1. The Morgan fingerprint density at radius 2 is 1.74 bits per heavy atom. The van der Waals surface area contributed by atoms with Crippen LogP contribution in [-0.4, -0.2) is 35.7 Å². The van der Waals surface area contributed by atoms with Crippen molar-refractivity contribution in [2.75, 3.05) is 18.0 Å². The average molecular weight is 496 g/mol. The van der Waals surface area contributed by atoms with Crippen LogP contribution in [0.1, 0.15) is 96.2 Å². The third kappa shape index (κ3) is 5.62. The number of aromatic nitrogens is 1. The number of anilines is 1. The molecule has 2 aliphatic rings. The Bertz CT molecular complexity index is 810. The lowest BCUT2D eigenvalue weighted by atomic mass is 9.73. The van der Waals surface area contributed by atoms with Crippen LogP contribution in [0.5, 0.6) is 0 Å². The van der Waals surface area contributed by atoms with Gasteiger partial charge in [0.1, 0.15) is 0 Å². The van der Waals surface area contributed by atoms with Crippen molar-refractivity contribution < 1.29 is 14.3 Å². The van der Waals surface area contributed by atoms with Crippen LogP contribution in [0, 0.1) is 19.3 Å². The van der Waals surface area contributed by atoms with Crippen molar-refractivity contribution in [1.29, 1.82) is 0 Å². The molecule has 0 N–H and O–H groups in total. The van der Waals surface area contributed by atoms with E-state index in [1.54, 1.807) is 0 Å². The molecule has 31 heavy (non-hydrogen) atoms. The molecule has 1 aromatic rings. The molecule has 1 aliphatic carbocycles. The van der Waals surface area contributed by atoms with E-state index in [1.165, 1.54) is 38.5 Å². The normalized spacial score (nSPS) is 19.8. The Labute approximate surface area is 196 Å². The van der Waals surface area contributed by atoms with Gasteiger partial charge >= 0.3 is 5.97 Å². The first-order valence-electron chi connectivity index (χ1n) is 11.7. The molecule has 0 amide bonds. The van der Waals surface area contributed by atoms with Crippen molar-refractivity contribution in [3.8, 4) is 0 Å². The molecule has 3 rings (SSSR count). The summed E-state index contributed by atoms with van der Waals surface area (Å²) in [4.78, 5) is 20.5. The highest BCUT2D eigenvalue weighted by atomic mass is 79.9. The molecular formula is C25H39BrN2O3. The Hall–Kier alpha value is -1.14. The van der Waals surface area contributed by atoms with Crippen molar-refractivity contribution in [3.05, 3.63) is 21.4 Å². The van der Waals surface area contributed by atoms with Crippen molar-refractivity contribution in [1.82, 2.24) is 4.98 Å². The van der Waals surface area contributed by atoms with E-state index >= 15 is 0 Å². The molecule has 2 fully saturated rings. The maximum Gasteiger partial charge on any atom is 0.340 e. The van der Waals surface area contributed by atoms with Gasteiger partial charge in [-0.15, -0.1) is 0 Å². The number of hydrogen-bond donors (Lipinski definition) is 0. The zero-order valence-corrected chi connectivity index (χ0v) is 21.9. The van der Waals surface area contributed by atoms with Crippen LogP contribution >= 0.6 is 15.9 Å². The summed E-state index contributed by atoms with van der Waals surface area (Å²) in [6.07, 6.45) is 6.80. The second kappa shape index (κ2) is 9.38. The summed E-state index contributed by atoms with van der Waals surface area (Å²) >= 11 is 3.82. The molecule has 5 nitrogen and oxygen atoms in total. The van der Waals surface area contributed by atoms with E-state index in [4.69, 9.17) is 14.5 Å². The summed E-state index contributed by atoms with van der Waals surface area (Å²) in [6.45, 7) is 15.7. The van der Waals surface area contributed by atoms with Gasteiger partial charge in [-0.3, -0.25) is 4.98 Å². The van der Waals surface area contributed by atoms with E-state index in [9.17, 15) is 4.79 Å². The lowest BCUT2D eigenvalue weighted by molar-refractivity contribution is -0.171. The Balaban J connectivity index is 2.08. The SMILES string of the molecule is Cc1nc(C)c([C@H](OC(C)(C)C)C(=O)OC(C)C)c(N2CCC3(CCCCC3)C2)c1Br. The molecule has 6 heteroatoms. The topological polar surface area (TPSA) is 51.7 Å². The lowest BCUT2D eigenvalue weighted by Gasteiger charge is -2.35. The third-order valence-electron chi connectivity index (χ3n) is 6.47. The molecular weight excluding hydrogens is 456 g/mol. The van der Waals surface area contributed by atoms with E-state index < -0.39 is 11.7 Å². The second-order valence-electron chi connectivity index (χ2n) is 10.7. The molecule has 1 saturated carbocycles. The number of nitrogens with zero attached hydrogens (tertiary/aromatic N) is 2. The third-order valence-corrected chi connectivity index (χ3v) is 7.42. The highest BCUT2D eigenvalue weighted by Gasteiger charge is 2.42. The predicted octanol–water partition coefficient (Wildman–Crippen LogP) is 6.43. The van der Waals surface area contributed by atoms with Crippen molar-refractivity contribution in [2.45, 2.75) is 105 Å². The standard InChI is InChI=1S/C25H39BrN2O3/c1-16(2)30-23(29)22(31-24(5,6)7)19-17(3)27-18(4)20(26)21(19)28-14-13-25(15-28)11-9-8-10-12-25/h16,22H,8-15H2,1-7H3/t22-/m0/s1. The fraction of sp³-hybridized carbons (Fsp3) is 0.760. The molecule has 1 spiro atoms. The van der Waals surface area contributed by atoms with Gasteiger partial charge in [-0.05, 0) is 89.1 Å². The molecule has 0 aromatic carbocycles. The fourth-order valence-corrected chi connectivity index (χ4v) is 5.71. The van der Waals surface area contributed by atoms with Gasteiger partial charge in [0.2, 0.25) is 0 Å². The minimum atomic E-state index is -0.815. The van der Waals surface area contributed by atoms with E-state index in [-0.39, 0.29) is 12.1 Å². The van der Waals surface area contributed by atoms with Crippen LogP contribution in [0.25, 0.3) is 0 Å². The first-order valence-corrected chi connectivity index (χ1v) is 12.5. The molecule has 1 aliphatic heterocycles. The number of carbonyl (C=O) groups excluding carboxylic acids is 1. The summed E-state index contributed by atoms with van der Waals surface area (Å²) in [5.74, 6) is -0.349. The molecule has 174 valence electrons. The van der Waals surface area contributed by atoms with E-state index in [0.717, 1.165) is 40.2 Å². The number of rotatable bonds is 5. The number of aryl methyl sites for hydroxylation is 2. The Morgan fingerprint density at radius 1 is 1.10 bits per heavy atom. The van der Waals surface area contributed by atoms with E-state index in [1.807, 2.05) is 48.5 Å². The van der Waals surface area contributed by atoms with Crippen LogP contribution in [0.15, 0.2) is 4.47 Å². The van der Waals surface area contributed by atoms with Crippen LogP contribution in [0.2, 0.25) is 0 Å². The first-order chi connectivity index (χ1) is 14.4. The van der Waals surface area contributed by atoms with Gasteiger partial charge < -0.3 is 14.4 Å². The second-order valence-corrected chi connectivity index (χ2v) is 11.5. The van der Waals surface area contributed by atoms with Crippen LogP contribution < -0.4 is 4.90 Å². The van der Waals surface area contributed by atoms with Gasteiger partial charge in [-0.25, -0.2) is 4.79 Å². The molecule has 2 heterocycles. The number of pyridine rings is 1.